The molecule has 0 atom stereocenters. The van der Waals surface area contributed by atoms with E-state index in [0.29, 0.717) is 45.8 Å². The largest absolute Gasteiger partial charge is 0.356 e. The van der Waals surface area contributed by atoms with Gasteiger partial charge in [0, 0.05) is 19.8 Å². The van der Waals surface area contributed by atoms with Gasteiger partial charge >= 0.3 is 0 Å². The Hall–Kier alpha value is -0.710. The van der Waals surface area contributed by atoms with Crippen molar-refractivity contribution in [2.45, 2.75) is 26.7 Å². The van der Waals surface area contributed by atoms with Crippen molar-refractivity contribution in [1.82, 2.24) is 0 Å². The summed E-state index contributed by atoms with van der Waals surface area (Å²) in [5.74, 6) is 0. The molecule has 0 aliphatic carbocycles. The monoisotopic (exact) mass is 274 g/mol. The maximum absolute atomic E-state index is 9.28. The van der Waals surface area contributed by atoms with E-state index in [-0.39, 0.29) is 13.6 Å². The fraction of sp³-hybridized carbons (Fsp3) is 0.923. The Morgan fingerprint density at radius 3 is 1.74 bits per heavy atom. The Balaban J connectivity index is 3.88. The van der Waals surface area contributed by atoms with Crippen molar-refractivity contribution in [3.05, 3.63) is 0 Å². The molecule has 112 valence electrons. The van der Waals surface area contributed by atoms with Crippen LogP contribution in [-0.4, -0.2) is 46.6 Å². The summed E-state index contributed by atoms with van der Waals surface area (Å²) >= 11 is 0. The molecular formula is C13H26N2O4. The molecule has 2 N–H and O–H groups in total. The molecule has 0 aliphatic heterocycles. The van der Waals surface area contributed by atoms with Crippen LogP contribution in [0.1, 0.15) is 26.7 Å². The first-order chi connectivity index (χ1) is 9.24. The van der Waals surface area contributed by atoms with Crippen molar-refractivity contribution in [2.75, 3.05) is 46.6 Å². The maximum Gasteiger partial charge on any atom is 0.146 e. The van der Waals surface area contributed by atoms with E-state index in [2.05, 4.69) is 6.07 Å². The van der Waals surface area contributed by atoms with Gasteiger partial charge in [-0.05, 0) is 26.7 Å². The lowest BCUT2D eigenvalue weighted by Crippen LogP contribution is -2.32. The molecule has 0 fully saturated rings. The van der Waals surface area contributed by atoms with Crippen LogP contribution in [0.4, 0.5) is 0 Å². The van der Waals surface area contributed by atoms with E-state index in [9.17, 15) is 5.26 Å². The highest BCUT2D eigenvalue weighted by Gasteiger charge is 2.28. The third-order valence-electron chi connectivity index (χ3n) is 2.82. The number of rotatable bonds is 13. The molecule has 0 aromatic heterocycles. The first kappa shape index (κ1) is 18.3. The van der Waals surface area contributed by atoms with Gasteiger partial charge in [0.05, 0.1) is 24.7 Å². The molecule has 0 bridgehead atoms. The van der Waals surface area contributed by atoms with Crippen LogP contribution in [-0.2, 0) is 18.9 Å². The standard InChI is InChI=1S/C13H26N2O4/c1-3-16-11-18-7-5-13(9-14,10-15)6-8-19-12-17-4-2/h3-9,11-12,14H2,1-2H3. The highest BCUT2D eigenvalue weighted by Crippen LogP contribution is 2.24. The summed E-state index contributed by atoms with van der Waals surface area (Å²) in [6.45, 7) is 6.74. The highest BCUT2D eigenvalue weighted by molar-refractivity contribution is 4.99. The molecule has 0 heterocycles. The van der Waals surface area contributed by atoms with Crippen LogP contribution in [0.15, 0.2) is 0 Å². The molecule has 0 radical (unpaired) electrons. The van der Waals surface area contributed by atoms with Gasteiger partial charge in [-0.15, -0.1) is 0 Å². The minimum absolute atomic E-state index is 0.253. The third kappa shape index (κ3) is 8.92. The van der Waals surface area contributed by atoms with E-state index in [1.807, 2.05) is 13.8 Å². The normalized spacial score (nSPS) is 11.5. The molecule has 0 rings (SSSR count). The Morgan fingerprint density at radius 2 is 1.42 bits per heavy atom. The predicted octanol–water partition coefficient (Wildman–Crippen LogP) is 1.26. The van der Waals surface area contributed by atoms with E-state index < -0.39 is 5.41 Å². The van der Waals surface area contributed by atoms with Crippen LogP contribution in [0.5, 0.6) is 0 Å². The minimum Gasteiger partial charge on any atom is -0.356 e. The molecule has 0 amide bonds. The zero-order valence-corrected chi connectivity index (χ0v) is 12.0. The topological polar surface area (TPSA) is 86.7 Å². The second-order valence-electron chi connectivity index (χ2n) is 4.13. The second kappa shape index (κ2) is 12.3. The SMILES string of the molecule is CCOCOCCC(C#N)(CN)CCOCOCC. The zero-order chi connectivity index (χ0) is 14.4. The third-order valence-corrected chi connectivity index (χ3v) is 2.82. The molecule has 0 aromatic carbocycles. The number of nitriles is 1. The average molecular weight is 274 g/mol. The van der Waals surface area contributed by atoms with Gasteiger partial charge in [-0.25, -0.2) is 0 Å². The summed E-state index contributed by atoms with van der Waals surface area (Å²) in [4.78, 5) is 0. The van der Waals surface area contributed by atoms with Gasteiger partial charge in [0.15, 0.2) is 0 Å². The molecule has 6 nitrogen and oxygen atoms in total. The molecule has 0 saturated heterocycles. The van der Waals surface area contributed by atoms with Gasteiger partial charge in [-0.3, -0.25) is 0 Å². The predicted molar refractivity (Wildman–Crippen MR) is 71.2 cm³/mol. The van der Waals surface area contributed by atoms with E-state index >= 15 is 0 Å². The molecular weight excluding hydrogens is 248 g/mol. The Morgan fingerprint density at radius 1 is 0.947 bits per heavy atom. The minimum atomic E-state index is -0.599. The summed E-state index contributed by atoms with van der Waals surface area (Å²) in [7, 11) is 0. The lowest BCUT2D eigenvalue weighted by atomic mass is 9.83. The number of hydrogen-bond acceptors (Lipinski definition) is 6. The van der Waals surface area contributed by atoms with Gasteiger partial charge in [-0.2, -0.15) is 5.26 Å². The number of nitrogens with zero attached hydrogens (tertiary/aromatic N) is 1. The van der Waals surface area contributed by atoms with E-state index in [1.165, 1.54) is 0 Å². The van der Waals surface area contributed by atoms with Gasteiger partial charge in [0.2, 0.25) is 0 Å². The summed E-state index contributed by atoms with van der Waals surface area (Å²) in [6.07, 6.45) is 1.15. The van der Waals surface area contributed by atoms with E-state index in [1.54, 1.807) is 0 Å². The summed E-state index contributed by atoms with van der Waals surface area (Å²) in [5, 5.41) is 9.28. The van der Waals surface area contributed by atoms with Crippen LogP contribution in [0.3, 0.4) is 0 Å². The van der Waals surface area contributed by atoms with Crippen molar-refractivity contribution in [2.24, 2.45) is 11.1 Å². The maximum atomic E-state index is 9.28. The zero-order valence-electron chi connectivity index (χ0n) is 12.0. The molecule has 0 aromatic rings. The second-order valence-corrected chi connectivity index (χ2v) is 4.13. The fourth-order valence-corrected chi connectivity index (χ4v) is 1.42. The van der Waals surface area contributed by atoms with Crippen molar-refractivity contribution in [1.29, 1.82) is 5.26 Å². The molecule has 19 heavy (non-hydrogen) atoms. The quantitative estimate of drug-likeness (QED) is 0.402. The first-order valence-electron chi connectivity index (χ1n) is 6.67. The van der Waals surface area contributed by atoms with Crippen LogP contribution in [0.2, 0.25) is 0 Å². The van der Waals surface area contributed by atoms with E-state index in [0.717, 1.165) is 0 Å². The number of ether oxygens (including phenoxy) is 4. The van der Waals surface area contributed by atoms with Crippen molar-refractivity contribution < 1.29 is 18.9 Å². The van der Waals surface area contributed by atoms with Gasteiger partial charge in [-0.1, -0.05) is 0 Å². The molecule has 0 saturated carbocycles. The fourth-order valence-electron chi connectivity index (χ4n) is 1.42. The first-order valence-corrected chi connectivity index (χ1v) is 6.67. The van der Waals surface area contributed by atoms with Crippen LogP contribution in [0.25, 0.3) is 0 Å². The summed E-state index contributed by atoms with van der Waals surface area (Å²) in [5.41, 5.74) is 5.11. The Kier molecular flexibility index (Phi) is 11.9. The van der Waals surface area contributed by atoms with Crippen molar-refractivity contribution in [3.63, 3.8) is 0 Å². The lowest BCUT2D eigenvalue weighted by molar-refractivity contribution is -0.0644. The highest BCUT2D eigenvalue weighted by atomic mass is 16.7. The van der Waals surface area contributed by atoms with Crippen LogP contribution >= 0.6 is 0 Å². The van der Waals surface area contributed by atoms with Crippen LogP contribution < -0.4 is 5.73 Å². The smallest absolute Gasteiger partial charge is 0.146 e. The summed E-state index contributed by atoms with van der Waals surface area (Å²) < 4.78 is 20.7. The number of hydrogen-bond donors (Lipinski definition) is 1. The van der Waals surface area contributed by atoms with Gasteiger partial charge in [0.25, 0.3) is 0 Å². The van der Waals surface area contributed by atoms with Crippen molar-refractivity contribution in [3.8, 4) is 6.07 Å². The lowest BCUT2D eigenvalue weighted by Gasteiger charge is -2.24. The van der Waals surface area contributed by atoms with Gasteiger partial charge in [0.1, 0.15) is 13.6 Å². The average Bonchev–Trinajstić information content (AvgIpc) is 2.45. The Bertz CT molecular complexity index is 229. The molecule has 0 unspecified atom stereocenters. The van der Waals surface area contributed by atoms with Gasteiger partial charge < -0.3 is 24.7 Å². The molecule has 0 aliphatic rings. The van der Waals surface area contributed by atoms with E-state index in [4.69, 9.17) is 24.7 Å². The number of nitrogens with two attached hydrogens (primary N) is 1. The van der Waals surface area contributed by atoms with Crippen molar-refractivity contribution >= 4 is 0 Å². The van der Waals surface area contributed by atoms with Crippen LogP contribution in [0, 0.1) is 16.7 Å². The summed E-state index contributed by atoms with van der Waals surface area (Å²) in [6, 6.07) is 2.28. The molecule has 6 heteroatoms. The Labute approximate surface area is 115 Å². The molecule has 0 spiro atoms.